The third kappa shape index (κ3) is 3.37. The van der Waals surface area contributed by atoms with Crippen LogP contribution in [0.15, 0.2) is 41.3 Å². The molecule has 1 unspecified atom stereocenters. The lowest BCUT2D eigenvalue weighted by Gasteiger charge is -2.18. The number of carboxylic acid groups (broad SMARTS) is 1. The fraction of sp³-hybridized carbons (Fsp3) is 0.312. The van der Waals surface area contributed by atoms with Gasteiger partial charge in [-0.1, -0.05) is 12.1 Å². The molecule has 6 nitrogen and oxygen atoms in total. The van der Waals surface area contributed by atoms with Gasteiger partial charge in [-0.05, 0) is 18.6 Å². The Morgan fingerprint density at radius 2 is 1.96 bits per heavy atom. The fourth-order valence-corrected chi connectivity index (χ4v) is 2.83. The van der Waals surface area contributed by atoms with Crippen molar-refractivity contribution in [3.63, 3.8) is 0 Å². The largest absolute Gasteiger partial charge is 0.481 e. The van der Waals surface area contributed by atoms with E-state index in [2.05, 4.69) is 0 Å². The Hall–Kier alpha value is -2.34. The van der Waals surface area contributed by atoms with Crippen LogP contribution in [0.1, 0.15) is 6.42 Å². The first-order valence-electron chi connectivity index (χ1n) is 7.15. The number of hydrogen-bond donors (Lipinski definition) is 1. The van der Waals surface area contributed by atoms with Crippen LogP contribution < -0.4 is 5.43 Å². The first-order valence-corrected chi connectivity index (χ1v) is 7.15. The maximum atomic E-state index is 12.3. The average molecular weight is 337 g/mol. The van der Waals surface area contributed by atoms with Gasteiger partial charge in [0.25, 0.3) is 0 Å². The zero-order valence-corrected chi connectivity index (χ0v) is 13.2. The van der Waals surface area contributed by atoms with E-state index in [1.807, 2.05) is 6.07 Å². The molecule has 1 saturated heterocycles. The summed E-state index contributed by atoms with van der Waals surface area (Å²) in [5.41, 5.74) is 0.628. The molecule has 1 aromatic carbocycles. The van der Waals surface area contributed by atoms with Crippen molar-refractivity contribution in [2.75, 3.05) is 13.1 Å². The summed E-state index contributed by atoms with van der Waals surface area (Å²) in [4.78, 5) is 36.7. The Morgan fingerprint density at radius 3 is 2.65 bits per heavy atom. The molecule has 1 aromatic heterocycles. The number of hydrogen-bond acceptors (Lipinski definition) is 3. The molecule has 122 valence electrons. The van der Waals surface area contributed by atoms with E-state index in [1.165, 1.54) is 6.07 Å². The summed E-state index contributed by atoms with van der Waals surface area (Å²) in [5, 5.41) is 9.57. The monoisotopic (exact) mass is 336 g/mol. The van der Waals surface area contributed by atoms with Crippen molar-refractivity contribution >= 4 is 35.2 Å². The molecule has 1 amide bonds. The Bertz CT molecular complexity index is 802. The molecule has 2 heterocycles. The standard InChI is InChI=1S/C16H16N2O4.ClH/c19-14-6-8-17(13-4-2-1-3-12(13)14)10-15(20)18-7-5-11(9-18)16(21)22;/h1-4,6,8,11H,5,7,9-10H2,(H,21,22);1H. The predicted octanol–water partition coefficient (Wildman–Crippen LogP) is 1.36. The average Bonchev–Trinajstić information content (AvgIpc) is 3.01. The highest BCUT2D eigenvalue weighted by Crippen LogP contribution is 2.17. The number of para-hydroxylation sites is 1. The van der Waals surface area contributed by atoms with Crippen molar-refractivity contribution in [3.8, 4) is 0 Å². The number of amides is 1. The molecule has 3 rings (SSSR count). The van der Waals surface area contributed by atoms with Gasteiger partial charge < -0.3 is 14.6 Å². The second-order valence-corrected chi connectivity index (χ2v) is 5.49. The number of rotatable bonds is 3. The quantitative estimate of drug-likeness (QED) is 0.917. The molecule has 0 bridgehead atoms. The SMILES string of the molecule is Cl.O=C(O)C1CCN(C(=O)Cn2ccc(=O)c3ccccc32)C1. The zero-order chi connectivity index (χ0) is 15.7. The molecule has 0 aliphatic carbocycles. The van der Waals surface area contributed by atoms with Crippen LogP contribution in [0.5, 0.6) is 0 Å². The van der Waals surface area contributed by atoms with Crippen LogP contribution in [0.2, 0.25) is 0 Å². The first kappa shape index (κ1) is 17.0. The van der Waals surface area contributed by atoms with E-state index in [0.29, 0.717) is 23.9 Å². The van der Waals surface area contributed by atoms with Gasteiger partial charge in [0.05, 0.1) is 11.4 Å². The van der Waals surface area contributed by atoms with E-state index in [4.69, 9.17) is 5.11 Å². The van der Waals surface area contributed by atoms with E-state index < -0.39 is 11.9 Å². The lowest BCUT2D eigenvalue weighted by molar-refractivity contribution is -0.141. The van der Waals surface area contributed by atoms with Gasteiger partial charge in [0.1, 0.15) is 6.54 Å². The number of aromatic nitrogens is 1. The Kier molecular flexibility index (Phi) is 5.05. The summed E-state index contributed by atoms with van der Waals surface area (Å²) in [6, 6.07) is 8.58. The topological polar surface area (TPSA) is 79.6 Å². The first-order chi connectivity index (χ1) is 10.6. The Balaban J connectivity index is 0.00000192. The minimum atomic E-state index is -0.857. The van der Waals surface area contributed by atoms with Crippen LogP contribution >= 0.6 is 12.4 Å². The van der Waals surface area contributed by atoms with E-state index in [-0.39, 0.29) is 36.8 Å². The second kappa shape index (κ2) is 6.83. The number of carbonyl (C=O) groups is 2. The van der Waals surface area contributed by atoms with Gasteiger partial charge in [0, 0.05) is 30.7 Å². The lowest BCUT2D eigenvalue weighted by atomic mass is 10.1. The van der Waals surface area contributed by atoms with Crippen molar-refractivity contribution in [2.24, 2.45) is 5.92 Å². The number of halogens is 1. The Morgan fingerprint density at radius 1 is 1.22 bits per heavy atom. The lowest BCUT2D eigenvalue weighted by Crippen LogP contribution is -2.33. The molecular formula is C16H17ClN2O4. The van der Waals surface area contributed by atoms with Gasteiger partial charge in [-0.15, -0.1) is 12.4 Å². The number of aliphatic carboxylic acids is 1. The number of pyridine rings is 1. The highest BCUT2D eigenvalue weighted by molar-refractivity contribution is 5.85. The minimum absolute atomic E-state index is 0. The summed E-state index contributed by atoms with van der Waals surface area (Å²) in [5.74, 6) is -1.46. The van der Waals surface area contributed by atoms with Crippen LogP contribution in [0.3, 0.4) is 0 Å². The smallest absolute Gasteiger partial charge is 0.308 e. The van der Waals surface area contributed by atoms with Crippen LogP contribution in [-0.2, 0) is 16.1 Å². The van der Waals surface area contributed by atoms with Crippen LogP contribution in [-0.4, -0.2) is 39.5 Å². The van der Waals surface area contributed by atoms with E-state index in [1.54, 1.807) is 33.9 Å². The maximum absolute atomic E-state index is 12.3. The third-order valence-electron chi connectivity index (χ3n) is 4.08. The molecular weight excluding hydrogens is 320 g/mol. The number of fused-ring (bicyclic) bond motifs is 1. The van der Waals surface area contributed by atoms with Gasteiger partial charge in [-0.25, -0.2) is 0 Å². The van der Waals surface area contributed by atoms with Gasteiger partial charge in [-0.2, -0.15) is 0 Å². The number of likely N-dealkylation sites (tertiary alicyclic amines) is 1. The molecule has 1 fully saturated rings. The fourth-order valence-electron chi connectivity index (χ4n) is 2.83. The van der Waals surface area contributed by atoms with Crippen LogP contribution in [0, 0.1) is 5.92 Å². The predicted molar refractivity (Wildman–Crippen MR) is 87.8 cm³/mol. The normalized spacial score (nSPS) is 17.0. The van der Waals surface area contributed by atoms with E-state index in [9.17, 15) is 14.4 Å². The highest BCUT2D eigenvalue weighted by atomic mass is 35.5. The second-order valence-electron chi connectivity index (χ2n) is 5.49. The van der Waals surface area contributed by atoms with Crippen LogP contribution in [0.4, 0.5) is 0 Å². The Labute approximate surface area is 138 Å². The van der Waals surface area contributed by atoms with E-state index >= 15 is 0 Å². The van der Waals surface area contributed by atoms with Gasteiger partial charge >= 0.3 is 5.97 Å². The maximum Gasteiger partial charge on any atom is 0.308 e. The van der Waals surface area contributed by atoms with Crippen molar-refractivity contribution in [3.05, 3.63) is 46.8 Å². The number of nitrogens with zero attached hydrogens (tertiary/aromatic N) is 2. The number of carboxylic acids is 1. The molecule has 0 radical (unpaired) electrons. The van der Waals surface area contributed by atoms with E-state index in [0.717, 1.165) is 0 Å². The third-order valence-corrected chi connectivity index (χ3v) is 4.08. The van der Waals surface area contributed by atoms with Crippen molar-refractivity contribution in [2.45, 2.75) is 13.0 Å². The van der Waals surface area contributed by atoms with Crippen molar-refractivity contribution in [1.29, 1.82) is 0 Å². The number of carbonyl (C=O) groups excluding carboxylic acids is 1. The van der Waals surface area contributed by atoms with Crippen LogP contribution in [0.25, 0.3) is 10.9 Å². The molecule has 23 heavy (non-hydrogen) atoms. The summed E-state index contributed by atoms with van der Waals surface area (Å²) in [6.45, 7) is 0.827. The summed E-state index contributed by atoms with van der Waals surface area (Å²) in [6.07, 6.45) is 2.10. The van der Waals surface area contributed by atoms with Gasteiger partial charge in [0.2, 0.25) is 5.91 Å². The summed E-state index contributed by atoms with van der Waals surface area (Å²) in [7, 11) is 0. The molecule has 2 aromatic rings. The van der Waals surface area contributed by atoms with Gasteiger partial charge in [0.15, 0.2) is 5.43 Å². The molecule has 1 aliphatic rings. The molecule has 1 aliphatic heterocycles. The minimum Gasteiger partial charge on any atom is -0.481 e. The molecule has 1 N–H and O–H groups in total. The van der Waals surface area contributed by atoms with Crippen molar-refractivity contribution < 1.29 is 14.7 Å². The van der Waals surface area contributed by atoms with Crippen molar-refractivity contribution in [1.82, 2.24) is 9.47 Å². The molecule has 0 spiro atoms. The molecule has 1 atom stereocenters. The number of benzene rings is 1. The molecule has 0 saturated carbocycles. The highest BCUT2D eigenvalue weighted by Gasteiger charge is 2.30. The summed E-state index contributed by atoms with van der Waals surface area (Å²) >= 11 is 0. The zero-order valence-electron chi connectivity index (χ0n) is 12.3. The molecule has 7 heteroatoms. The van der Waals surface area contributed by atoms with Gasteiger partial charge in [-0.3, -0.25) is 14.4 Å². The summed E-state index contributed by atoms with van der Waals surface area (Å²) < 4.78 is 1.73.